The Labute approximate surface area is 121 Å². The van der Waals surface area contributed by atoms with Gasteiger partial charge in [-0.05, 0) is 30.7 Å². The number of hydrogen-bond acceptors (Lipinski definition) is 3. The van der Waals surface area contributed by atoms with Gasteiger partial charge in [-0.1, -0.05) is 35.0 Å². The minimum absolute atomic E-state index is 0.0891. The van der Waals surface area contributed by atoms with Crippen molar-refractivity contribution in [2.45, 2.75) is 6.92 Å². The molecule has 0 atom stereocenters. The van der Waals surface area contributed by atoms with Crippen LogP contribution in [0.3, 0.4) is 0 Å². The molecule has 0 aromatic heterocycles. The second-order valence-corrected chi connectivity index (χ2v) is 4.67. The quantitative estimate of drug-likeness (QED) is 0.526. The van der Waals surface area contributed by atoms with Gasteiger partial charge in [0.05, 0.1) is 11.4 Å². The summed E-state index contributed by atoms with van der Waals surface area (Å²) in [6, 6.07) is 10.1. The van der Waals surface area contributed by atoms with Gasteiger partial charge in [-0.2, -0.15) is 0 Å². The topological polar surface area (TPSA) is 47.6 Å². The number of halogens is 2. The van der Waals surface area contributed by atoms with Crippen molar-refractivity contribution in [3.8, 4) is 11.1 Å². The Balaban J connectivity index is 2.59. The lowest BCUT2D eigenvalue weighted by Crippen LogP contribution is -1.98. The van der Waals surface area contributed by atoms with Crippen molar-refractivity contribution >= 4 is 23.0 Å². The van der Waals surface area contributed by atoms with Gasteiger partial charge in [0.2, 0.25) is 0 Å². The minimum atomic E-state index is -0.479. The van der Waals surface area contributed by atoms with Gasteiger partial charge in [0.1, 0.15) is 7.11 Å². The van der Waals surface area contributed by atoms with Gasteiger partial charge >= 0.3 is 0 Å². The molecule has 104 valence electrons. The summed E-state index contributed by atoms with van der Waals surface area (Å²) in [5.74, 6) is -0.479. The Morgan fingerprint density at radius 3 is 2.70 bits per heavy atom. The van der Waals surface area contributed by atoms with Crippen LogP contribution in [0.2, 0.25) is 5.02 Å². The average Bonchev–Trinajstić information content (AvgIpc) is 2.43. The largest absolute Gasteiger partial charge is 0.399 e. The van der Waals surface area contributed by atoms with E-state index in [0.717, 1.165) is 5.56 Å². The third kappa shape index (κ3) is 2.75. The second kappa shape index (κ2) is 5.92. The molecule has 0 bridgehead atoms. The molecule has 0 unspecified atom stereocenters. The summed E-state index contributed by atoms with van der Waals surface area (Å²) >= 11 is 6.16. The Morgan fingerprint density at radius 1 is 1.25 bits per heavy atom. The van der Waals surface area contributed by atoms with Crippen LogP contribution in [-0.2, 0) is 4.84 Å². The molecule has 0 aliphatic rings. The van der Waals surface area contributed by atoms with Crippen LogP contribution in [0.5, 0.6) is 0 Å². The zero-order valence-electron chi connectivity index (χ0n) is 11.2. The molecule has 2 aromatic carbocycles. The maximum atomic E-state index is 14.1. The summed E-state index contributed by atoms with van der Waals surface area (Å²) in [6.07, 6.45) is 0. The first-order chi connectivity index (χ1) is 9.54. The summed E-state index contributed by atoms with van der Waals surface area (Å²) in [6.45, 7) is 1.80. The SMILES string of the molecule is CO/N=C(\C)c1ccc(Cl)c(-c2cccc(N)c2F)c1. The van der Waals surface area contributed by atoms with Crippen LogP contribution in [0.1, 0.15) is 12.5 Å². The third-order valence-electron chi connectivity index (χ3n) is 2.93. The van der Waals surface area contributed by atoms with E-state index in [-0.39, 0.29) is 5.69 Å². The zero-order valence-corrected chi connectivity index (χ0v) is 11.9. The van der Waals surface area contributed by atoms with E-state index in [1.165, 1.54) is 13.2 Å². The van der Waals surface area contributed by atoms with Gasteiger partial charge in [-0.25, -0.2) is 4.39 Å². The molecule has 0 radical (unpaired) electrons. The van der Waals surface area contributed by atoms with E-state index in [9.17, 15) is 4.39 Å². The van der Waals surface area contributed by atoms with Gasteiger partial charge < -0.3 is 10.6 Å². The van der Waals surface area contributed by atoms with Crippen LogP contribution < -0.4 is 5.73 Å². The number of nitrogens with zero attached hydrogens (tertiary/aromatic N) is 1. The predicted octanol–water partition coefficient (Wildman–Crippen LogP) is 4.10. The average molecular weight is 293 g/mol. The highest BCUT2D eigenvalue weighted by Crippen LogP contribution is 2.32. The molecule has 0 aliphatic carbocycles. The Kier molecular flexibility index (Phi) is 4.25. The molecule has 2 N–H and O–H groups in total. The maximum Gasteiger partial charge on any atom is 0.153 e. The minimum Gasteiger partial charge on any atom is -0.399 e. The molecule has 0 amide bonds. The molecule has 0 aliphatic heterocycles. The highest BCUT2D eigenvalue weighted by Gasteiger charge is 2.12. The fraction of sp³-hybridized carbons (Fsp3) is 0.133. The Hall–Kier alpha value is -2.07. The van der Waals surface area contributed by atoms with Crippen molar-refractivity contribution in [3.05, 3.63) is 52.8 Å². The van der Waals surface area contributed by atoms with E-state index < -0.39 is 5.82 Å². The van der Waals surface area contributed by atoms with Crippen LogP contribution >= 0.6 is 11.6 Å². The lowest BCUT2D eigenvalue weighted by molar-refractivity contribution is 0.213. The number of oxime groups is 1. The third-order valence-corrected chi connectivity index (χ3v) is 3.26. The summed E-state index contributed by atoms with van der Waals surface area (Å²) in [7, 11) is 1.47. The molecule has 0 saturated carbocycles. The van der Waals surface area contributed by atoms with Crippen molar-refractivity contribution in [3.63, 3.8) is 0 Å². The number of nitrogens with two attached hydrogens (primary N) is 1. The van der Waals surface area contributed by atoms with Crippen molar-refractivity contribution in [2.24, 2.45) is 5.16 Å². The van der Waals surface area contributed by atoms with Crippen LogP contribution in [0.15, 0.2) is 41.6 Å². The second-order valence-electron chi connectivity index (χ2n) is 4.26. The van der Waals surface area contributed by atoms with E-state index in [4.69, 9.17) is 22.2 Å². The molecule has 3 nitrogen and oxygen atoms in total. The number of anilines is 1. The van der Waals surface area contributed by atoms with Gasteiger partial charge in [-0.3, -0.25) is 0 Å². The van der Waals surface area contributed by atoms with Crippen LogP contribution in [0.25, 0.3) is 11.1 Å². The summed E-state index contributed by atoms with van der Waals surface area (Å²) in [5.41, 5.74) is 8.09. The van der Waals surface area contributed by atoms with E-state index in [2.05, 4.69) is 5.16 Å². The van der Waals surface area contributed by atoms with Gasteiger partial charge in [0, 0.05) is 16.1 Å². The van der Waals surface area contributed by atoms with Crippen LogP contribution in [0, 0.1) is 5.82 Å². The first kappa shape index (κ1) is 14.3. The Bertz CT molecular complexity index is 671. The fourth-order valence-electron chi connectivity index (χ4n) is 1.90. The summed E-state index contributed by atoms with van der Waals surface area (Å²) in [4.78, 5) is 4.74. The first-order valence-electron chi connectivity index (χ1n) is 5.96. The first-order valence-corrected chi connectivity index (χ1v) is 6.34. The number of nitrogen functional groups attached to an aromatic ring is 1. The number of hydrogen-bond donors (Lipinski definition) is 1. The lowest BCUT2D eigenvalue weighted by Gasteiger charge is -2.10. The molecular formula is C15H14ClFN2O. The van der Waals surface area contributed by atoms with E-state index in [1.807, 2.05) is 0 Å². The zero-order chi connectivity index (χ0) is 14.7. The van der Waals surface area contributed by atoms with E-state index >= 15 is 0 Å². The molecule has 0 saturated heterocycles. The summed E-state index contributed by atoms with van der Waals surface area (Å²) in [5, 5.41) is 4.30. The highest BCUT2D eigenvalue weighted by atomic mass is 35.5. The molecule has 5 heteroatoms. The van der Waals surface area contributed by atoms with E-state index in [1.54, 1.807) is 37.3 Å². The van der Waals surface area contributed by atoms with Crippen molar-refractivity contribution < 1.29 is 9.23 Å². The number of rotatable bonds is 3. The normalized spacial score (nSPS) is 11.5. The van der Waals surface area contributed by atoms with Gasteiger partial charge in [0.25, 0.3) is 0 Å². The van der Waals surface area contributed by atoms with Gasteiger partial charge in [-0.15, -0.1) is 0 Å². The van der Waals surface area contributed by atoms with Crippen LogP contribution in [-0.4, -0.2) is 12.8 Å². The van der Waals surface area contributed by atoms with Gasteiger partial charge in [0.15, 0.2) is 5.82 Å². The molecule has 0 spiro atoms. The number of benzene rings is 2. The van der Waals surface area contributed by atoms with Crippen molar-refractivity contribution in [1.82, 2.24) is 0 Å². The Morgan fingerprint density at radius 2 is 2.00 bits per heavy atom. The van der Waals surface area contributed by atoms with Crippen molar-refractivity contribution in [1.29, 1.82) is 0 Å². The maximum absolute atomic E-state index is 14.1. The molecular weight excluding hydrogens is 279 g/mol. The molecule has 2 aromatic rings. The fourth-order valence-corrected chi connectivity index (χ4v) is 2.12. The van der Waals surface area contributed by atoms with E-state index in [0.29, 0.717) is 21.9 Å². The summed E-state index contributed by atoms with van der Waals surface area (Å²) < 4.78 is 14.1. The molecule has 0 heterocycles. The highest BCUT2D eigenvalue weighted by molar-refractivity contribution is 6.33. The molecule has 20 heavy (non-hydrogen) atoms. The molecule has 2 rings (SSSR count). The molecule has 0 fully saturated rings. The predicted molar refractivity (Wildman–Crippen MR) is 80.5 cm³/mol. The monoisotopic (exact) mass is 292 g/mol. The van der Waals surface area contributed by atoms with Crippen LogP contribution in [0.4, 0.5) is 10.1 Å². The standard InChI is InChI=1S/C15H14ClFN2O/c1-9(19-20-2)10-6-7-13(16)12(8-10)11-4-3-5-14(18)15(11)17/h3-8H,18H2,1-2H3/b19-9+. The van der Waals surface area contributed by atoms with Crippen molar-refractivity contribution in [2.75, 3.05) is 12.8 Å². The lowest BCUT2D eigenvalue weighted by atomic mass is 10.0. The smallest absolute Gasteiger partial charge is 0.153 e.